The van der Waals surface area contributed by atoms with Crippen LogP contribution in [0, 0.1) is 5.82 Å². The summed E-state index contributed by atoms with van der Waals surface area (Å²) in [6.07, 6.45) is 11.3. The van der Waals surface area contributed by atoms with E-state index in [1.54, 1.807) is 4.57 Å². The second-order valence-electron chi connectivity index (χ2n) is 5.92. The molecule has 1 heterocycles. The van der Waals surface area contributed by atoms with Crippen LogP contribution in [0.25, 0.3) is 10.9 Å². The van der Waals surface area contributed by atoms with E-state index in [-0.39, 0.29) is 11.4 Å². The average molecular weight is 383 g/mol. The van der Waals surface area contributed by atoms with Crippen molar-refractivity contribution in [2.45, 2.75) is 57.9 Å². The number of unbranched alkanes of at least 4 members (excludes halogenated alkanes) is 7. The average Bonchev–Trinajstić information content (AvgIpc) is 2.55. The smallest absolute Gasteiger partial charge is 0.261 e. The number of nitrogens with zero attached hydrogens (tertiary/aromatic N) is 2. The van der Waals surface area contributed by atoms with E-state index in [9.17, 15) is 9.18 Å². The molecule has 0 atom stereocenters. The monoisotopic (exact) mass is 382 g/mol. The third-order valence-corrected chi connectivity index (χ3v) is 4.63. The Kier molecular flexibility index (Phi) is 7.72. The number of aryl methyl sites for hydroxylation is 1. The Morgan fingerprint density at radius 1 is 1.00 bits per heavy atom. The van der Waals surface area contributed by atoms with Gasteiger partial charge in [-0.2, -0.15) is 0 Å². The zero-order valence-electron chi connectivity index (χ0n) is 13.4. The van der Waals surface area contributed by atoms with E-state index in [1.807, 2.05) is 0 Å². The molecule has 0 spiro atoms. The lowest BCUT2D eigenvalue weighted by Crippen LogP contribution is -2.20. The standard InChI is InChI=1S/C18H24BrFN2O/c19-11-7-5-3-1-2-4-6-8-12-22-14-21-17-13-15(20)9-10-16(17)18(22)23/h9-10,13-14H,1-8,11-12H2. The summed E-state index contributed by atoms with van der Waals surface area (Å²) < 4.78 is 14.8. The lowest BCUT2D eigenvalue weighted by atomic mass is 10.1. The van der Waals surface area contributed by atoms with Crippen LogP contribution in [0.4, 0.5) is 4.39 Å². The van der Waals surface area contributed by atoms with Crippen LogP contribution in [0.5, 0.6) is 0 Å². The number of alkyl halides is 1. The van der Waals surface area contributed by atoms with E-state index in [4.69, 9.17) is 0 Å². The minimum absolute atomic E-state index is 0.0789. The zero-order chi connectivity index (χ0) is 16.5. The summed E-state index contributed by atoms with van der Waals surface area (Å²) in [5.74, 6) is -0.363. The van der Waals surface area contributed by atoms with E-state index in [0.717, 1.165) is 18.2 Å². The first-order valence-corrected chi connectivity index (χ1v) is 9.55. The largest absolute Gasteiger partial charge is 0.299 e. The van der Waals surface area contributed by atoms with Crippen LogP contribution < -0.4 is 5.56 Å². The minimum Gasteiger partial charge on any atom is -0.299 e. The highest BCUT2D eigenvalue weighted by Crippen LogP contribution is 2.11. The summed E-state index contributed by atoms with van der Waals surface area (Å²) in [6.45, 7) is 0.683. The lowest BCUT2D eigenvalue weighted by molar-refractivity contribution is 0.536. The second kappa shape index (κ2) is 9.81. The molecule has 0 aliphatic heterocycles. The molecule has 2 aromatic rings. The Balaban J connectivity index is 1.74. The highest BCUT2D eigenvalue weighted by molar-refractivity contribution is 9.09. The Hall–Kier alpha value is -1.23. The van der Waals surface area contributed by atoms with Crippen molar-refractivity contribution in [2.75, 3.05) is 5.33 Å². The maximum atomic E-state index is 13.1. The highest BCUT2D eigenvalue weighted by atomic mass is 79.9. The maximum Gasteiger partial charge on any atom is 0.261 e. The van der Waals surface area contributed by atoms with E-state index in [0.29, 0.717) is 17.4 Å². The predicted octanol–water partition coefficient (Wildman–Crippen LogP) is 5.05. The summed E-state index contributed by atoms with van der Waals surface area (Å²) in [6, 6.07) is 4.13. The van der Waals surface area contributed by atoms with Crippen molar-refractivity contribution in [3.05, 3.63) is 40.7 Å². The van der Waals surface area contributed by atoms with Crippen LogP contribution in [0.15, 0.2) is 29.3 Å². The van der Waals surface area contributed by atoms with Gasteiger partial charge in [-0.3, -0.25) is 9.36 Å². The third-order valence-electron chi connectivity index (χ3n) is 4.07. The number of benzene rings is 1. The Morgan fingerprint density at radius 3 is 2.35 bits per heavy atom. The van der Waals surface area contributed by atoms with Crippen molar-refractivity contribution in [3.63, 3.8) is 0 Å². The van der Waals surface area contributed by atoms with Crippen molar-refractivity contribution in [1.82, 2.24) is 9.55 Å². The molecule has 3 nitrogen and oxygen atoms in total. The van der Waals surface area contributed by atoms with Crippen LogP contribution >= 0.6 is 15.9 Å². The Labute approximate surface area is 145 Å². The molecule has 0 aliphatic carbocycles. The van der Waals surface area contributed by atoms with Crippen molar-refractivity contribution in [2.24, 2.45) is 0 Å². The van der Waals surface area contributed by atoms with Gasteiger partial charge in [-0.15, -0.1) is 0 Å². The van der Waals surface area contributed by atoms with Crippen molar-refractivity contribution in [1.29, 1.82) is 0 Å². The van der Waals surface area contributed by atoms with Gasteiger partial charge >= 0.3 is 0 Å². The molecule has 0 fully saturated rings. The van der Waals surface area contributed by atoms with Crippen LogP contribution in [0.1, 0.15) is 51.4 Å². The van der Waals surface area contributed by atoms with Crippen molar-refractivity contribution >= 4 is 26.8 Å². The molecule has 0 aliphatic rings. The second-order valence-corrected chi connectivity index (χ2v) is 6.71. The van der Waals surface area contributed by atoms with Gasteiger partial charge in [0.15, 0.2) is 0 Å². The number of aromatic nitrogens is 2. The van der Waals surface area contributed by atoms with Gasteiger partial charge in [0.05, 0.1) is 17.2 Å². The molecule has 126 valence electrons. The molecule has 2 rings (SSSR count). The van der Waals surface area contributed by atoms with E-state index < -0.39 is 0 Å². The molecule has 0 bridgehead atoms. The third kappa shape index (κ3) is 5.72. The molecule has 0 unspecified atom stereocenters. The van der Waals surface area contributed by atoms with Gasteiger partial charge in [-0.25, -0.2) is 9.37 Å². The van der Waals surface area contributed by atoms with Crippen LogP contribution in [0.3, 0.4) is 0 Å². The molecule has 1 aromatic carbocycles. The first-order chi connectivity index (χ1) is 11.2. The topological polar surface area (TPSA) is 34.9 Å². The van der Waals surface area contributed by atoms with Gasteiger partial charge in [0, 0.05) is 17.9 Å². The lowest BCUT2D eigenvalue weighted by Gasteiger charge is -2.07. The molecule has 0 saturated heterocycles. The van der Waals surface area contributed by atoms with Gasteiger partial charge in [0.2, 0.25) is 0 Å². The summed E-state index contributed by atoms with van der Waals surface area (Å²) in [4.78, 5) is 16.5. The summed E-state index contributed by atoms with van der Waals surface area (Å²) in [5.41, 5.74) is 0.347. The fourth-order valence-electron chi connectivity index (χ4n) is 2.73. The molecular formula is C18H24BrFN2O. The number of rotatable bonds is 10. The SMILES string of the molecule is O=c1c2ccc(F)cc2ncn1CCCCCCCCCCBr. The van der Waals surface area contributed by atoms with Gasteiger partial charge in [0.1, 0.15) is 5.82 Å². The van der Waals surface area contributed by atoms with Gasteiger partial charge in [-0.05, 0) is 25.0 Å². The fraction of sp³-hybridized carbons (Fsp3) is 0.556. The molecular weight excluding hydrogens is 359 g/mol. The van der Waals surface area contributed by atoms with Crippen LogP contribution in [0.2, 0.25) is 0 Å². The predicted molar refractivity (Wildman–Crippen MR) is 96.7 cm³/mol. The molecule has 0 radical (unpaired) electrons. The molecule has 5 heteroatoms. The fourth-order valence-corrected chi connectivity index (χ4v) is 3.12. The first kappa shape index (κ1) is 18.1. The number of hydrogen-bond acceptors (Lipinski definition) is 2. The zero-order valence-corrected chi connectivity index (χ0v) is 15.0. The molecule has 0 N–H and O–H groups in total. The van der Waals surface area contributed by atoms with Crippen molar-refractivity contribution in [3.8, 4) is 0 Å². The van der Waals surface area contributed by atoms with E-state index in [1.165, 1.54) is 63.1 Å². The minimum atomic E-state index is -0.363. The Morgan fingerprint density at radius 2 is 1.65 bits per heavy atom. The van der Waals surface area contributed by atoms with Crippen LogP contribution in [-0.4, -0.2) is 14.9 Å². The van der Waals surface area contributed by atoms with E-state index in [2.05, 4.69) is 20.9 Å². The van der Waals surface area contributed by atoms with E-state index >= 15 is 0 Å². The van der Waals surface area contributed by atoms with Gasteiger partial charge in [-0.1, -0.05) is 54.5 Å². The van der Waals surface area contributed by atoms with Gasteiger partial charge < -0.3 is 0 Å². The van der Waals surface area contributed by atoms with Gasteiger partial charge in [0.25, 0.3) is 5.56 Å². The van der Waals surface area contributed by atoms with Crippen molar-refractivity contribution < 1.29 is 4.39 Å². The summed E-state index contributed by atoms with van der Waals surface area (Å²) in [7, 11) is 0. The summed E-state index contributed by atoms with van der Waals surface area (Å²) in [5, 5.41) is 1.59. The quantitative estimate of drug-likeness (QED) is 0.425. The number of halogens is 2. The van der Waals surface area contributed by atoms with Crippen LogP contribution in [-0.2, 0) is 6.54 Å². The molecule has 0 saturated carbocycles. The highest BCUT2D eigenvalue weighted by Gasteiger charge is 2.04. The molecule has 23 heavy (non-hydrogen) atoms. The number of hydrogen-bond donors (Lipinski definition) is 0. The number of fused-ring (bicyclic) bond motifs is 1. The molecule has 1 aromatic heterocycles. The Bertz CT molecular complexity index is 672. The molecule has 0 amide bonds. The first-order valence-electron chi connectivity index (χ1n) is 8.43. The summed E-state index contributed by atoms with van der Waals surface area (Å²) >= 11 is 3.45. The maximum absolute atomic E-state index is 13.1. The normalized spacial score (nSPS) is 11.2.